The van der Waals surface area contributed by atoms with E-state index in [4.69, 9.17) is 0 Å². The van der Waals surface area contributed by atoms with Crippen LogP contribution in [0.25, 0.3) is 0 Å². The maximum atomic E-state index is 11.6. The Kier molecular flexibility index (Phi) is 2.73. The largest absolute Gasteiger partial charge is 0.337 e. The van der Waals surface area contributed by atoms with Gasteiger partial charge in [0.05, 0.1) is 10.6 Å². The third kappa shape index (κ3) is 2.07. The molecule has 1 aromatic carbocycles. The van der Waals surface area contributed by atoms with Crippen LogP contribution in [0.15, 0.2) is 24.3 Å². The fourth-order valence-corrected chi connectivity index (χ4v) is 1.57. The molecule has 0 saturated carbocycles. The Morgan fingerprint density at radius 3 is 2.41 bits per heavy atom. The number of nitro groups is 1. The van der Waals surface area contributed by atoms with Gasteiger partial charge >= 0.3 is 6.03 Å². The van der Waals surface area contributed by atoms with Gasteiger partial charge < -0.3 is 5.32 Å². The third-order valence-corrected chi connectivity index (χ3v) is 2.39. The molecule has 0 atom stereocenters. The lowest BCUT2D eigenvalue weighted by molar-refractivity contribution is -0.384. The number of nitro benzene ring substituents is 1. The first-order valence-corrected chi connectivity index (χ1v) is 4.95. The second-order valence-electron chi connectivity index (χ2n) is 3.48. The van der Waals surface area contributed by atoms with Crippen molar-refractivity contribution in [3.63, 3.8) is 0 Å². The van der Waals surface area contributed by atoms with Crippen molar-refractivity contribution in [2.45, 2.75) is 6.42 Å². The molecule has 1 aliphatic rings. The minimum absolute atomic E-state index is 0.0846. The number of hydrogen-bond acceptors (Lipinski definition) is 4. The Morgan fingerprint density at radius 1 is 1.24 bits per heavy atom. The van der Waals surface area contributed by atoms with Gasteiger partial charge in [0.25, 0.3) is 5.69 Å². The molecule has 2 rings (SSSR count). The van der Waals surface area contributed by atoms with E-state index in [2.05, 4.69) is 5.32 Å². The van der Waals surface area contributed by atoms with Crippen LogP contribution in [0.1, 0.15) is 6.42 Å². The molecular formula is C10H9N3O4. The lowest BCUT2D eigenvalue weighted by Crippen LogP contribution is -2.50. The van der Waals surface area contributed by atoms with E-state index >= 15 is 0 Å². The third-order valence-electron chi connectivity index (χ3n) is 2.39. The SMILES string of the molecule is O=C1CCNC(=O)N1c1ccc([N+](=O)[O-])cc1. The van der Waals surface area contributed by atoms with Crippen LogP contribution in [-0.4, -0.2) is 23.4 Å². The van der Waals surface area contributed by atoms with Gasteiger partial charge in [-0.3, -0.25) is 14.9 Å². The predicted octanol–water partition coefficient (Wildman–Crippen LogP) is 1.04. The zero-order valence-corrected chi connectivity index (χ0v) is 8.75. The normalized spacial score (nSPS) is 15.6. The number of amides is 3. The highest BCUT2D eigenvalue weighted by molar-refractivity contribution is 6.15. The van der Waals surface area contributed by atoms with Crippen molar-refractivity contribution in [1.29, 1.82) is 0 Å². The number of non-ortho nitro benzene ring substituents is 1. The number of anilines is 1. The van der Waals surface area contributed by atoms with E-state index in [0.717, 1.165) is 4.90 Å². The summed E-state index contributed by atoms with van der Waals surface area (Å²) in [5.74, 6) is -0.317. The van der Waals surface area contributed by atoms with Crippen molar-refractivity contribution in [2.24, 2.45) is 0 Å². The van der Waals surface area contributed by atoms with Gasteiger partial charge in [0.15, 0.2) is 0 Å². The summed E-state index contributed by atoms with van der Waals surface area (Å²) >= 11 is 0. The average molecular weight is 235 g/mol. The number of urea groups is 1. The van der Waals surface area contributed by atoms with Gasteiger partial charge in [-0.05, 0) is 12.1 Å². The van der Waals surface area contributed by atoms with E-state index in [1.165, 1.54) is 24.3 Å². The second-order valence-corrected chi connectivity index (χ2v) is 3.48. The fourth-order valence-electron chi connectivity index (χ4n) is 1.57. The summed E-state index contributed by atoms with van der Waals surface area (Å²) < 4.78 is 0. The molecule has 0 aliphatic carbocycles. The van der Waals surface area contributed by atoms with Crippen molar-refractivity contribution in [1.82, 2.24) is 5.32 Å². The number of nitrogens with one attached hydrogen (secondary N) is 1. The van der Waals surface area contributed by atoms with E-state index in [-0.39, 0.29) is 18.0 Å². The van der Waals surface area contributed by atoms with Crippen LogP contribution in [0.2, 0.25) is 0 Å². The van der Waals surface area contributed by atoms with Gasteiger partial charge in [-0.15, -0.1) is 0 Å². The maximum absolute atomic E-state index is 11.6. The molecule has 1 aromatic rings. The van der Waals surface area contributed by atoms with E-state index < -0.39 is 11.0 Å². The van der Waals surface area contributed by atoms with Gasteiger partial charge in [0.2, 0.25) is 5.91 Å². The first kappa shape index (κ1) is 11.1. The molecule has 0 unspecified atom stereocenters. The minimum Gasteiger partial charge on any atom is -0.337 e. The lowest BCUT2D eigenvalue weighted by atomic mass is 10.2. The van der Waals surface area contributed by atoms with Crippen LogP contribution in [0.5, 0.6) is 0 Å². The van der Waals surface area contributed by atoms with E-state index in [9.17, 15) is 19.7 Å². The summed E-state index contributed by atoms with van der Waals surface area (Å²) in [5, 5.41) is 13.0. The molecule has 0 bridgehead atoms. The minimum atomic E-state index is -0.540. The number of nitrogens with zero attached hydrogens (tertiary/aromatic N) is 2. The average Bonchev–Trinajstić information content (AvgIpc) is 2.29. The first-order chi connectivity index (χ1) is 8.09. The molecular weight excluding hydrogens is 226 g/mol. The molecule has 0 radical (unpaired) electrons. The van der Waals surface area contributed by atoms with Gasteiger partial charge in [-0.1, -0.05) is 0 Å². The number of carbonyl (C=O) groups is 2. The van der Waals surface area contributed by atoms with Crippen LogP contribution in [0.3, 0.4) is 0 Å². The van der Waals surface area contributed by atoms with Gasteiger partial charge in [-0.25, -0.2) is 9.69 Å². The number of carbonyl (C=O) groups excluding carboxylic acids is 2. The van der Waals surface area contributed by atoms with Crippen LogP contribution >= 0.6 is 0 Å². The zero-order chi connectivity index (χ0) is 12.4. The monoisotopic (exact) mass is 235 g/mol. The molecule has 1 heterocycles. The maximum Gasteiger partial charge on any atom is 0.328 e. The summed E-state index contributed by atoms with van der Waals surface area (Å²) in [4.78, 5) is 33.9. The Bertz CT molecular complexity index is 467. The number of rotatable bonds is 2. The summed E-state index contributed by atoms with van der Waals surface area (Å²) in [7, 11) is 0. The highest BCUT2D eigenvalue weighted by Gasteiger charge is 2.27. The molecule has 7 nitrogen and oxygen atoms in total. The Labute approximate surface area is 96.2 Å². The molecule has 1 aliphatic heterocycles. The Morgan fingerprint density at radius 2 is 1.88 bits per heavy atom. The molecule has 1 fully saturated rings. The topological polar surface area (TPSA) is 92.6 Å². The molecule has 0 aromatic heterocycles. The first-order valence-electron chi connectivity index (χ1n) is 4.95. The van der Waals surface area contributed by atoms with Crippen molar-refractivity contribution in [3.8, 4) is 0 Å². The van der Waals surface area contributed by atoms with Crippen molar-refractivity contribution < 1.29 is 14.5 Å². The number of imide groups is 1. The lowest BCUT2D eigenvalue weighted by Gasteiger charge is -2.25. The van der Waals surface area contributed by atoms with Crippen molar-refractivity contribution >= 4 is 23.3 Å². The van der Waals surface area contributed by atoms with Gasteiger partial charge in [0.1, 0.15) is 0 Å². The standard InChI is InChI=1S/C10H9N3O4/c14-9-5-6-11-10(15)12(9)7-1-3-8(4-2-7)13(16)17/h1-4H,5-6H2,(H,11,15). The predicted molar refractivity (Wildman–Crippen MR) is 58.6 cm³/mol. The molecule has 3 amide bonds. The quantitative estimate of drug-likeness (QED) is 0.612. The smallest absolute Gasteiger partial charge is 0.328 e. The second kappa shape index (κ2) is 4.20. The van der Waals surface area contributed by atoms with E-state index in [1.807, 2.05) is 0 Å². The molecule has 17 heavy (non-hydrogen) atoms. The molecule has 88 valence electrons. The summed E-state index contributed by atoms with van der Waals surface area (Å²) in [6.07, 6.45) is 0.225. The Hall–Kier alpha value is -2.44. The van der Waals surface area contributed by atoms with Crippen LogP contribution in [-0.2, 0) is 4.79 Å². The van der Waals surface area contributed by atoms with Gasteiger partial charge in [0, 0.05) is 25.1 Å². The van der Waals surface area contributed by atoms with Crippen LogP contribution < -0.4 is 10.2 Å². The summed E-state index contributed by atoms with van der Waals surface area (Å²) in [5.41, 5.74) is 0.247. The van der Waals surface area contributed by atoms with Crippen LogP contribution in [0, 0.1) is 10.1 Å². The molecule has 7 heteroatoms. The highest BCUT2D eigenvalue weighted by atomic mass is 16.6. The zero-order valence-electron chi connectivity index (χ0n) is 8.75. The van der Waals surface area contributed by atoms with Gasteiger partial charge in [-0.2, -0.15) is 0 Å². The molecule has 1 saturated heterocycles. The highest BCUT2D eigenvalue weighted by Crippen LogP contribution is 2.21. The Balaban J connectivity index is 2.29. The summed E-state index contributed by atoms with van der Waals surface area (Å²) in [6.45, 7) is 0.321. The summed E-state index contributed by atoms with van der Waals surface area (Å²) in [6, 6.07) is 4.76. The van der Waals surface area contributed by atoms with Crippen molar-refractivity contribution in [2.75, 3.05) is 11.4 Å². The van der Waals surface area contributed by atoms with E-state index in [0.29, 0.717) is 12.2 Å². The number of hydrogen-bond donors (Lipinski definition) is 1. The molecule has 0 spiro atoms. The van der Waals surface area contributed by atoms with Crippen molar-refractivity contribution in [3.05, 3.63) is 34.4 Å². The fraction of sp³-hybridized carbons (Fsp3) is 0.200. The number of benzene rings is 1. The van der Waals surface area contributed by atoms with Crippen LogP contribution in [0.4, 0.5) is 16.2 Å². The van der Waals surface area contributed by atoms with E-state index in [1.54, 1.807) is 0 Å². The molecule has 1 N–H and O–H groups in total.